The van der Waals surface area contributed by atoms with Gasteiger partial charge >= 0.3 is 0 Å². The van der Waals surface area contributed by atoms with Gasteiger partial charge in [0, 0.05) is 44.0 Å². The largest absolute Gasteiger partial charge is 0.497 e. The van der Waals surface area contributed by atoms with E-state index >= 15 is 0 Å². The molecule has 2 heterocycles. The number of fused-ring (bicyclic) bond motifs is 1. The van der Waals surface area contributed by atoms with Crippen LogP contribution in [0, 0.1) is 5.92 Å². The Hall–Kier alpha value is -2.98. The minimum absolute atomic E-state index is 0.105. The van der Waals surface area contributed by atoms with Crippen LogP contribution in [0.3, 0.4) is 0 Å². The highest BCUT2D eigenvalue weighted by Gasteiger charge is 2.38. The van der Waals surface area contributed by atoms with E-state index < -0.39 is 16.1 Å². The number of benzene rings is 2. The molecule has 0 bridgehead atoms. The first-order chi connectivity index (χ1) is 17.7. The summed E-state index contributed by atoms with van der Waals surface area (Å²) in [5.74, 6) is 0.895. The van der Waals surface area contributed by atoms with Gasteiger partial charge in [0.25, 0.3) is 0 Å². The highest BCUT2D eigenvalue weighted by atomic mass is 32.2. The maximum Gasteiger partial charge on any atom is 0.247 e. The molecule has 1 aromatic heterocycles. The lowest BCUT2D eigenvalue weighted by Gasteiger charge is -2.37. The van der Waals surface area contributed by atoms with Gasteiger partial charge < -0.3 is 14.6 Å². The number of aliphatic hydroxyl groups excluding tert-OH is 1. The van der Waals surface area contributed by atoms with Crippen LogP contribution in [-0.4, -0.2) is 73.7 Å². The average Bonchev–Trinajstić information content (AvgIpc) is 2.90. The Bertz CT molecular complexity index is 1300. The van der Waals surface area contributed by atoms with E-state index in [2.05, 4.69) is 9.88 Å². The van der Waals surface area contributed by atoms with Crippen molar-refractivity contribution in [2.45, 2.75) is 37.4 Å². The quantitative estimate of drug-likeness (QED) is 0.480. The van der Waals surface area contributed by atoms with Crippen LogP contribution in [0.4, 0.5) is 0 Å². The molecule has 0 saturated heterocycles. The Morgan fingerprint density at radius 1 is 1.16 bits per heavy atom. The predicted molar refractivity (Wildman–Crippen MR) is 143 cm³/mol. The number of nitrogens with zero attached hydrogens (tertiary/aromatic N) is 3. The number of hydrogen-bond acceptors (Lipinski definition) is 7. The summed E-state index contributed by atoms with van der Waals surface area (Å²) in [6.45, 7) is 5.00. The molecule has 37 heavy (non-hydrogen) atoms. The second-order valence-electron chi connectivity index (χ2n) is 9.69. The van der Waals surface area contributed by atoms with Gasteiger partial charge in [-0.2, -0.15) is 4.31 Å². The number of pyridine rings is 1. The third kappa shape index (κ3) is 6.13. The molecule has 0 unspecified atom stereocenters. The predicted octanol–water partition coefficient (Wildman–Crippen LogP) is 3.66. The van der Waals surface area contributed by atoms with Gasteiger partial charge in [-0.15, -0.1) is 0 Å². The zero-order valence-corrected chi connectivity index (χ0v) is 22.6. The maximum absolute atomic E-state index is 13.7. The Morgan fingerprint density at radius 3 is 2.59 bits per heavy atom. The Balaban J connectivity index is 1.73. The lowest BCUT2D eigenvalue weighted by molar-refractivity contribution is 0.0734. The molecule has 1 N–H and O–H groups in total. The van der Waals surface area contributed by atoms with Crippen LogP contribution >= 0.6 is 0 Å². The summed E-state index contributed by atoms with van der Waals surface area (Å²) in [5, 5.41) is 9.87. The van der Waals surface area contributed by atoms with Crippen LogP contribution in [0.5, 0.6) is 11.5 Å². The molecule has 1 aliphatic rings. The first-order valence-electron chi connectivity index (χ1n) is 12.4. The first kappa shape index (κ1) is 27.1. The van der Waals surface area contributed by atoms with Crippen molar-refractivity contribution >= 4 is 10.0 Å². The number of ether oxygens (including phenoxy) is 2. The van der Waals surface area contributed by atoms with Crippen molar-refractivity contribution in [2.24, 2.45) is 5.92 Å². The zero-order valence-electron chi connectivity index (χ0n) is 21.7. The molecule has 4 rings (SSSR count). The minimum atomic E-state index is -3.90. The Labute approximate surface area is 219 Å². The second-order valence-corrected chi connectivity index (χ2v) is 11.5. The molecule has 0 radical (unpaired) electrons. The Morgan fingerprint density at radius 2 is 1.89 bits per heavy atom. The van der Waals surface area contributed by atoms with Gasteiger partial charge in [-0.1, -0.05) is 25.1 Å². The van der Waals surface area contributed by atoms with Crippen LogP contribution in [-0.2, 0) is 16.6 Å². The Kier molecular flexibility index (Phi) is 8.49. The average molecular weight is 526 g/mol. The fourth-order valence-electron chi connectivity index (χ4n) is 4.60. The summed E-state index contributed by atoms with van der Waals surface area (Å²) < 4.78 is 40.8. The van der Waals surface area contributed by atoms with Gasteiger partial charge in [-0.05, 0) is 67.1 Å². The van der Waals surface area contributed by atoms with Gasteiger partial charge in [-0.25, -0.2) is 8.42 Å². The van der Waals surface area contributed by atoms with Gasteiger partial charge in [-0.3, -0.25) is 9.88 Å². The molecular weight excluding hydrogens is 490 g/mol. The molecule has 1 aliphatic heterocycles. The van der Waals surface area contributed by atoms with Crippen LogP contribution in [0.2, 0.25) is 0 Å². The number of aromatic nitrogens is 1. The first-order valence-corrected chi connectivity index (χ1v) is 13.8. The van der Waals surface area contributed by atoms with Gasteiger partial charge in [0.05, 0.1) is 13.7 Å². The number of likely N-dealkylation sites (N-methyl/N-ethyl adjacent to an activating group) is 1. The second kappa shape index (κ2) is 11.6. The van der Waals surface area contributed by atoms with E-state index in [1.54, 1.807) is 44.6 Å². The van der Waals surface area contributed by atoms with Crippen molar-refractivity contribution < 1.29 is 23.0 Å². The SMILES string of the molecule is COc1cccc(-c2ccc3c(c2)O[C@H](CN(C)Cc2ccncc2)[C@@H](C)CN([C@H](C)CO)S3(=O)=O)c1. The monoisotopic (exact) mass is 525 g/mol. The molecule has 0 fully saturated rings. The van der Waals surface area contributed by atoms with Crippen molar-refractivity contribution in [3.8, 4) is 22.6 Å². The molecule has 2 aromatic carbocycles. The highest BCUT2D eigenvalue weighted by Crippen LogP contribution is 2.37. The fourth-order valence-corrected chi connectivity index (χ4v) is 6.42. The summed E-state index contributed by atoms with van der Waals surface area (Å²) in [4.78, 5) is 6.35. The third-order valence-electron chi connectivity index (χ3n) is 6.76. The van der Waals surface area contributed by atoms with E-state index in [9.17, 15) is 13.5 Å². The molecule has 198 valence electrons. The maximum atomic E-state index is 13.7. The van der Waals surface area contributed by atoms with Crippen LogP contribution in [0.15, 0.2) is 71.9 Å². The fraction of sp³-hybridized carbons (Fsp3) is 0.393. The van der Waals surface area contributed by atoms with Gasteiger partial charge in [0.1, 0.15) is 22.5 Å². The minimum Gasteiger partial charge on any atom is -0.497 e. The summed E-state index contributed by atoms with van der Waals surface area (Å²) in [5.41, 5.74) is 2.85. The topological polar surface area (TPSA) is 92.2 Å². The molecule has 0 aliphatic carbocycles. The normalized spacial score (nSPS) is 20.4. The molecule has 0 spiro atoms. The summed E-state index contributed by atoms with van der Waals surface area (Å²) in [6, 6.07) is 16.2. The molecule has 9 heteroatoms. The number of hydrogen-bond donors (Lipinski definition) is 1. The molecule has 0 amide bonds. The lowest BCUT2D eigenvalue weighted by atomic mass is 10.0. The van der Waals surface area contributed by atoms with E-state index in [4.69, 9.17) is 9.47 Å². The zero-order chi connectivity index (χ0) is 26.6. The van der Waals surface area contributed by atoms with E-state index in [1.807, 2.05) is 50.4 Å². The van der Waals surface area contributed by atoms with Crippen LogP contribution < -0.4 is 9.47 Å². The standard InChI is InChI=1S/C28H35N3O5S/c1-20-16-31(21(2)19-32)37(33,34)28-9-8-24(23-6-5-7-25(14-23)35-4)15-26(28)36-27(20)18-30(3)17-22-10-12-29-13-11-22/h5-15,20-21,27,32H,16-19H2,1-4H3/t20-,21+,27+/m0/s1. The van der Waals surface area contributed by atoms with Crippen molar-refractivity contribution in [2.75, 3.05) is 33.9 Å². The highest BCUT2D eigenvalue weighted by molar-refractivity contribution is 7.89. The van der Waals surface area contributed by atoms with Crippen LogP contribution in [0.1, 0.15) is 19.4 Å². The number of sulfonamides is 1. The molecule has 0 saturated carbocycles. The summed E-state index contributed by atoms with van der Waals surface area (Å²) in [7, 11) is -0.263. The number of aliphatic hydroxyl groups is 1. The lowest BCUT2D eigenvalue weighted by Crippen LogP contribution is -2.49. The van der Waals surface area contributed by atoms with Gasteiger partial charge in [0.2, 0.25) is 10.0 Å². The molecule has 3 aromatic rings. The molecule has 8 nitrogen and oxygen atoms in total. The van der Waals surface area contributed by atoms with Crippen molar-refractivity contribution in [1.29, 1.82) is 0 Å². The van der Waals surface area contributed by atoms with Crippen LogP contribution in [0.25, 0.3) is 11.1 Å². The number of rotatable bonds is 8. The van der Waals surface area contributed by atoms with Crippen molar-refractivity contribution in [3.63, 3.8) is 0 Å². The molecular formula is C28H35N3O5S. The van der Waals surface area contributed by atoms with E-state index in [-0.39, 0.29) is 30.1 Å². The summed E-state index contributed by atoms with van der Waals surface area (Å²) >= 11 is 0. The van der Waals surface area contributed by atoms with E-state index in [0.717, 1.165) is 16.7 Å². The summed E-state index contributed by atoms with van der Waals surface area (Å²) in [6.07, 6.45) is 3.26. The molecule has 3 atom stereocenters. The van der Waals surface area contributed by atoms with Gasteiger partial charge in [0.15, 0.2) is 0 Å². The van der Waals surface area contributed by atoms with E-state index in [0.29, 0.717) is 24.6 Å². The number of methoxy groups -OCH3 is 1. The van der Waals surface area contributed by atoms with Crippen molar-refractivity contribution in [3.05, 3.63) is 72.6 Å². The third-order valence-corrected chi connectivity index (χ3v) is 8.78. The van der Waals surface area contributed by atoms with Crippen molar-refractivity contribution in [1.82, 2.24) is 14.2 Å². The smallest absolute Gasteiger partial charge is 0.247 e. The van der Waals surface area contributed by atoms with E-state index in [1.165, 1.54) is 4.31 Å².